The van der Waals surface area contributed by atoms with Crippen LogP contribution in [0.2, 0.25) is 0 Å². The number of rotatable bonds is 12. The molecule has 0 heterocycles. The summed E-state index contributed by atoms with van der Waals surface area (Å²) in [7, 11) is 4.30. The monoisotopic (exact) mass is 419 g/mol. The minimum atomic E-state index is 0.403. The van der Waals surface area contributed by atoms with Crippen LogP contribution < -0.4 is 0 Å². The topological polar surface area (TPSA) is 3.24 Å². The summed E-state index contributed by atoms with van der Waals surface area (Å²) in [6, 6.07) is 18.5. The quantitative estimate of drug-likeness (QED) is 0.338. The minimum absolute atomic E-state index is 0.403. The normalized spacial score (nSPS) is 11.5. The number of hydrogen-bond acceptors (Lipinski definition) is 4. The van der Waals surface area contributed by atoms with Crippen molar-refractivity contribution in [2.75, 3.05) is 37.9 Å². The maximum absolute atomic E-state index is 2.32. The molecule has 1 nitrogen and oxygen atoms in total. The lowest BCUT2D eigenvalue weighted by Gasteiger charge is -2.20. The Morgan fingerprint density at radius 2 is 1.15 bits per heavy atom. The first-order chi connectivity index (χ1) is 13.1. The van der Waals surface area contributed by atoms with E-state index in [2.05, 4.69) is 81.4 Å². The highest BCUT2D eigenvalue weighted by atomic mass is 32.2. The molecule has 27 heavy (non-hydrogen) atoms. The zero-order chi connectivity index (χ0) is 19.5. The van der Waals surface area contributed by atoms with Crippen molar-refractivity contribution in [3.05, 3.63) is 59.7 Å². The molecule has 0 amide bonds. The van der Waals surface area contributed by atoms with Crippen LogP contribution in [0.5, 0.6) is 0 Å². The van der Waals surface area contributed by atoms with Gasteiger partial charge in [-0.1, -0.05) is 38.1 Å². The molecule has 2 aromatic rings. The van der Waals surface area contributed by atoms with Crippen LogP contribution in [0.25, 0.3) is 0 Å². The molecule has 0 aliphatic heterocycles. The number of nitrogens with zero attached hydrogens (tertiary/aromatic N) is 1. The first-order valence-corrected chi connectivity index (χ1v) is 12.9. The van der Waals surface area contributed by atoms with Gasteiger partial charge < -0.3 is 4.90 Å². The molecule has 0 N–H and O–H groups in total. The van der Waals surface area contributed by atoms with Gasteiger partial charge in [-0.25, -0.2) is 0 Å². The summed E-state index contributed by atoms with van der Waals surface area (Å²) in [5, 5.41) is 0.403. The summed E-state index contributed by atoms with van der Waals surface area (Å²) in [6.07, 6.45) is 2.44. The van der Waals surface area contributed by atoms with Gasteiger partial charge in [0.05, 0.1) is 5.25 Å². The van der Waals surface area contributed by atoms with Gasteiger partial charge in [0.2, 0.25) is 0 Å². The molecule has 148 valence electrons. The van der Waals surface area contributed by atoms with Crippen molar-refractivity contribution in [3.63, 3.8) is 0 Å². The van der Waals surface area contributed by atoms with E-state index in [1.54, 1.807) is 0 Å². The predicted molar refractivity (Wildman–Crippen MR) is 128 cm³/mol. The van der Waals surface area contributed by atoms with Crippen LogP contribution in [0, 0.1) is 0 Å². The fourth-order valence-electron chi connectivity index (χ4n) is 2.66. The van der Waals surface area contributed by atoms with Gasteiger partial charge in [-0.2, -0.15) is 0 Å². The summed E-state index contributed by atoms with van der Waals surface area (Å²) < 4.78 is 0. The Hall–Kier alpha value is -0.550. The average Bonchev–Trinajstić information content (AvgIpc) is 2.69. The van der Waals surface area contributed by atoms with E-state index in [9.17, 15) is 0 Å². The van der Waals surface area contributed by atoms with Crippen molar-refractivity contribution in [2.24, 2.45) is 0 Å². The smallest absolute Gasteiger partial charge is 0.0547 e. The van der Waals surface area contributed by atoms with Gasteiger partial charge in [0.1, 0.15) is 0 Å². The van der Waals surface area contributed by atoms with Crippen molar-refractivity contribution >= 4 is 35.3 Å². The minimum Gasteiger partial charge on any atom is -0.309 e. The molecular weight excluding hydrogens is 386 g/mol. The molecule has 0 aromatic heterocycles. The molecule has 2 aromatic carbocycles. The molecule has 0 bridgehead atoms. The maximum atomic E-state index is 2.32. The maximum Gasteiger partial charge on any atom is 0.0547 e. The summed E-state index contributed by atoms with van der Waals surface area (Å²) in [5.74, 6) is 3.52. The highest BCUT2D eigenvalue weighted by Crippen LogP contribution is 2.37. The Kier molecular flexibility index (Phi) is 10.8. The van der Waals surface area contributed by atoms with E-state index in [-0.39, 0.29) is 0 Å². The Bertz CT molecular complexity index is 586. The van der Waals surface area contributed by atoms with Crippen molar-refractivity contribution in [1.29, 1.82) is 0 Å². The van der Waals surface area contributed by atoms with E-state index in [1.165, 1.54) is 45.3 Å². The van der Waals surface area contributed by atoms with E-state index in [0.29, 0.717) is 5.25 Å². The van der Waals surface area contributed by atoms with E-state index >= 15 is 0 Å². The molecule has 4 heteroatoms. The average molecular weight is 420 g/mol. The zero-order valence-corrected chi connectivity index (χ0v) is 19.6. The molecule has 0 radical (unpaired) electrons. The first kappa shape index (κ1) is 22.7. The highest BCUT2D eigenvalue weighted by molar-refractivity contribution is 8.00. The third kappa shape index (κ3) is 8.15. The van der Waals surface area contributed by atoms with Crippen LogP contribution in [-0.2, 0) is 0 Å². The third-order valence-electron chi connectivity index (χ3n) is 4.13. The predicted octanol–water partition coefficient (Wildman–Crippen LogP) is 7.08. The fraction of sp³-hybridized carbons (Fsp3) is 0.478. The Morgan fingerprint density at radius 1 is 0.704 bits per heavy atom. The lowest BCUT2D eigenvalue weighted by atomic mass is 10.0. The molecule has 0 aliphatic carbocycles. The van der Waals surface area contributed by atoms with Crippen molar-refractivity contribution in [1.82, 2.24) is 4.90 Å². The second kappa shape index (κ2) is 12.8. The lowest BCUT2D eigenvalue weighted by Crippen LogP contribution is -2.15. The van der Waals surface area contributed by atoms with Crippen LogP contribution in [0.15, 0.2) is 58.3 Å². The summed E-state index contributed by atoms with van der Waals surface area (Å²) in [4.78, 5) is 5.02. The molecule has 0 unspecified atom stereocenters. The zero-order valence-electron chi connectivity index (χ0n) is 17.1. The molecule has 0 spiro atoms. The summed E-state index contributed by atoms with van der Waals surface area (Å²) >= 11 is 5.95. The van der Waals surface area contributed by atoms with E-state index < -0.39 is 0 Å². The summed E-state index contributed by atoms with van der Waals surface area (Å²) in [5.41, 5.74) is 2.82. The molecule has 0 saturated carbocycles. The van der Waals surface area contributed by atoms with Gasteiger partial charge in [-0.15, -0.1) is 35.3 Å². The van der Waals surface area contributed by atoms with Gasteiger partial charge in [0, 0.05) is 22.1 Å². The SMILES string of the molecule is CCCSc1ccc(C(SCCN(C)C)c2ccc(SCCC)cc2)cc1. The van der Waals surface area contributed by atoms with Crippen molar-refractivity contribution < 1.29 is 0 Å². The van der Waals surface area contributed by atoms with Gasteiger partial charge >= 0.3 is 0 Å². The number of benzene rings is 2. The van der Waals surface area contributed by atoms with E-state index in [4.69, 9.17) is 0 Å². The molecule has 0 saturated heterocycles. The van der Waals surface area contributed by atoms with Crippen molar-refractivity contribution in [3.8, 4) is 0 Å². The second-order valence-corrected chi connectivity index (χ2v) is 10.4. The molecule has 2 rings (SSSR count). The van der Waals surface area contributed by atoms with Gasteiger partial charge in [0.15, 0.2) is 0 Å². The third-order valence-corrected chi connectivity index (χ3v) is 7.87. The number of hydrogen-bond donors (Lipinski definition) is 0. The summed E-state index contributed by atoms with van der Waals surface area (Å²) in [6.45, 7) is 5.58. The first-order valence-electron chi connectivity index (χ1n) is 9.85. The Balaban J connectivity index is 2.14. The highest BCUT2D eigenvalue weighted by Gasteiger charge is 2.15. The second-order valence-electron chi connectivity index (χ2n) is 6.89. The molecular formula is C23H33NS3. The Morgan fingerprint density at radius 3 is 1.52 bits per heavy atom. The van der Waals surface area contributed by atoms with Crippen LogP contribution in [0.4, 0.5) is 0 Å². The van der Waals surface area contributed by atoms with Crippen LogP contribution >= 0.6 is 35.3 Å². The van der Waals surface area contributed by atoms with Crippen LogP contribution in [0.3, 0.4) is 0 Å². The van der Waals surface area contributed by atoms with E-state index in [1.807, 2.05) is 35.3 Å². The van der Waals surface area contributed by atoms with Crippen LogP contribution in [-0.4, -0.2) is 42.8 Å². The van der Waals surface area contributed by atoms with Crippen LogP contribution in [0.1, 0.15) is 43.1 Å². The number of thioether (sulfide) groups is 3. The standard InChI is InChI=1S/C23H33NS3/c1-5-16-25-21-11-7-19(8-12-21)23(27-18-15-24(3)4)20-9-13-22(14-10-20)26-17-6-2/h7-14,23H,5-6,15-18H2,1-4H3. The molecule has 0 aliphatic rings. The van der Waals surface area contributed by atoms with Gasteiger partial charge in [0.25, 0.3) is 0 Å². The Labute approximate surface area is 179 Å². The molecule has 0 atom stereocenters. The molecule has 0 fully saturated rings. The van der Waals surface area contributed by atoms with Gasteiger partial charge in [-0.05, 0) is 73.8 Å². The largest absolute Gasteiger partial charge is 0.309 e. The fourth-order valence-corrected chi connectivity index (χ4v) is 5.60. The lowest BCUT2D eigenvalue weighted by molar-refractivity contribution is 0.437. The van der Waals surface area contributed by atoms with E-state index in [0.717, 1.165) is 12.3 Å². The van der Waals surface area contributed by atoms with Gasteiger partial charge in [-0.3, -0.25) is 0 Å². The van der Waals surface area contributed by atoms with Crippen molar-refractivity contribution in [2.45, 2.75) is 41.7 Å².